The molecule has 0 unspecified atom stereocenters. The van der Waals surface area contributed by atoms with E-state index in [0.29, 0.717) is 19.6 Å². The second kappa shape index (κ2) is 6.87. The lowest BCUT2D eigenvalue weighted by molar-refractivity contribution is -0.125. The molecule has 28 heavy (non-hydrogen) atoms. The molecule has 8 heteroatoms. The average Bonchev–Trinajstić information content (AvgIpc) is 3.30. The highest BCUT2D eigenvalue weighted by atomic mass is 32.1. The van der Waals surface area contributed by atoms with Crippen LogP contribution in [0.4, 0.5) is 5.13 Å². The molecule has 2 aliphatic rings. The van der Waals surface area contributed by atoms with Gasteiger partial charge in [-0.3, -0.25) is 4.79 Å². The van der Waals surface area contributed by atoms with Gasteiger partial charge in [-0.2, -0.15) is 0 Å². The van der Waals surface area contributed by atoms with Gasteiger partial charge in [0.15, 0.2) is 16.6 Å². The predicted molar refractivity (Wildman–Crippen MR) is 106 cm³/mol. The number of hydrogen-bond donors (Lipinski definition) is 1. The number of methoxy groups -OCH3 is 1. The zero-order valence-electron chi connectivity index (χ0n) is 15.3. The SMILES string of the molecule is COc1ccc2nc(N3CC(C(=O)NCc4ccc5c(c4)OCO5)C3)sc2c1. The predicted octanol–water partition coefficient (Wildman–Crippen LogP) is 2.79. The number of carbonyl (C=O) groups is 1. The molecular formula is C20H19N3O4S. The molecule has 0 spiro atoms. The second-order valence-electron chi connectivity index (χ2n) is 6.84. The summed E-state index contributed by atoms with van der Waals surface area (Å²) in [4.78, 5) is 19.2. The van der Waals surface area contributed by atoms with Crippen LogP contribution in [0.1, 0.15) is 5.56 Å². The van der Waals surface area contributed by atoms with Crippen molar-refractivity contribution < 1.29 is 19.0 Å². The van der Waals surface area contributed by atoms with E-state index in [1.165, 1.54) is 0 Å². The Morgan fingerprint density at radius 1 is 1.25 bits per heavy atom. The zero-order valence-corrected chi connectivity index (χ0v) is 16.1. The van der Waals surface area contributed by atoms with Crippen LogP contribution in [-0.2, 0) is 11.3 Å². The van der Waals surface area contributed by atoms with E-state index in [-0.39, 0.29) is 18.6 Å². The van der Waals surface area contributed by atoms with Gasteiger partial charge in [0.25, 0.3) is 0 Å². The Balaban J connectivity index is 1.17. The van der Waals surface area contributed by atoms with Crippen LogP contribution in [-0.4, -0.2) is 37.9 Å². The Hall–Kier alpha value is -3.00. The Morgan fingerprint density at radius 2 is 2.11 bits per heavy atom. The number of aromatic nitrogens is 1. The van der Waals surface area contributed by atoms with Crippen LogP contribution >= 0.6 is 11.3 Å². The monoisotopic (exact) mass is 397 g/mol. The molecule has 5 rings (SSSR count). The first-order valence-electron chi connectivity index (χ1n) is 9.05. The van der Waals surface area contributed by atoms with Gasteiger partial charge in [0, 0.05) is 19.6 Å². The van der Waals surface area contributed by atoms with Crippen LogP contribution in [0, 0.1) is 5.92 Å². The third-order valence-electron chi connectivity index (χ3n) is 5.01. The Labute approximate surface area is 165 Å². The molecule has 0 saturated carbocycles. The average molecular weight is 397 g/mol. The number of ether oxygens (including phenoxy) is 3. The van der Waals surface area contributed by atoms with Crippen LogP contribution in [0.25, 0.3) is 10.2 Å². The number of hydrogen-bond acceptors (Lipinski definition) is 7. The third kappa shape index (κ3) is 3.09. The van der Waals surface area contributed by atoms with Crippen LogP contribution in [0.5, 0.6) is 17.2 Å². The van der Waals surface area contributed by atoms with Crippen molar-refractivity contribution in [2.45, 2.75) is 6.54 Å². The molecule has 0 aliphatic carbocycles. The summed E-state index contributed by atoms with van der Waals surface area (Å²) in [6.07, 6.45) is 0. The molecule has 3 aromatic rings. The molecule has 144 valence electrons. The molecule has 1 fully saturated rings. The van der Waals surface area contributed by atoms with E-state index in [4.69, 9.17) is 14.2 Å². The van der Waals surface area contributed by atoms with Gasteiger partial charge in [0.2, 0.25) is 12.7 Å². The number of amides is 1. The number of nitrogens with one attached hydrogen (secondary N) is 1. The van der Waals surface area contributed by atoms with E-state index in [0.717, 1.165) is 38.2 Å². The van der Waals surface area contributed by atoms with E-state index in [1.807, 2.05) is 36.4 Å². The zero-order chi connectivity index (χ0) is 19.1. The highest BCUT2D eigenvalue weighted by Crippen LogP contribution is 2.35. The van der Waals surface area contributed by atoms with Crippen molar-refractivity contribution in [2.24, 2.45) is 5.92 Å². The number of rotatable bonds is 5. The van der Waals surface area contributed by atoms with E-state index < -0.39 is 0 Å². The minimum absolute atomic E-state index is 0.0180. The number of nitrogens with zero attached hydrogens (tertiary/aromatic N) is 2. The number of fused-ring (bicyclic) bond motifs is 2. The molecule has 0 radical (unpaired) electrons. The second-order valence-corrected chi connectivity index (χ2v) is 7.85. The highest BCUT2D eigenvalue weighted by molar-refractivity contribution is 7.22. The molecule has 0 bridgehead atoms. The fourth-order valence-corrected chi connectivity index (χ4v) is 4.35. The quantitative estimate of drug-likeness (QED) is 0.714. The van der Waals surface area contributed by atoms with Crippen molar-refractivity contribution in [1.82, 2.24) is 10.3 Å². The van der Waals surface area contributed by atoms with Gasteiger partial charge in [0.05, 0.1) is 23.2 Å². The van der Waals surface area contributed by atoms with Crippen molar-refractivity contribution in [3.05, 3.63) is 42.0 Å². The van der Waals surface area contributed by atoms with Crippen LogP contribution < -0.4 is 24.4 Å². The molecule has 0 atom stereocenters. The largest absolute Gasteiger partial charge is 0.497 e. The number of anilines is 1. The van der Waals surface area contributed by atoms with Gasteiger partial charge < -0.3 is 24.4 Å². The molecule has 2 aliphatic heterocycles. The lowest BCUT2D eigenvalue weighted by Crippen LogP contribution is -2.53. The van der Waals surface area contributed by atoms with Crippen molar-refractivity contribution in [2.75, 3.05) is 31.9 Å². The first-order valence-corrected chi connectivity index (χ1v) is 9.87. The summed E-state index contributed by atoms with van der Waals surface area (Å²) in [7, 11) is 1.66. The molecular weight excluding hydrogens is 378 g/mol. The molecule has 1 aromatic heterocycles. The normalized spacial score (nSPS) is 15.5. The van der Waals surface area contributed by atoms with Gasteiger partial charge in [-0.05, 0) is 35.9 Å². The van der Waals surface area contributed by atoms with Gasteiger partial charge in [-0.15, -0.1) is 0 Å². The standard InChI is InChI=1S/C20H19N3O4S/c1-25-14-3-4-15-18(7-14)28-20(22-15)23-9-13(10-23)19(24)21-8-12-2-5-16-17(6-12)27-11-26-16/h2-7,13H,8-11H2,1H3,(H,21,24). The summed E-state index contributed by atoms with van der Waals surface area (Å²) >= 11 is 1.62. The van der Waals surface area contributed by atoms with Crippen molar-refractivity contribution in [3.63, 3.8) is 0 Å². The minimum atomic E-state index is -0.0180. The summed E-state index contributed by atoms with van der Waals surface area (Å²) in [6.45, 7) is 2.10. The Morgan fingerprint density at radius 3 is 2.96 bits per heavy atom. The van der Waals surface area contributed by atoms with Crippen molar-refractivity contribution >= 4 is 32.6 Å². The van der Waals surface area contributed by atoms with Crippen LogP contribution in [0.3, 0.4) is 0 Å². The van der Waals surface area contributed by atoms with Gasteiger partial charge >= 0.3 is 0 Å². The summed E-state index contributed by atoms with van der Waals surface area (Å²) in [5, 5.41) is 3.96. The summed E-state index contributed by atoms with van der Waals surface area (Å²) in [5.41, 5.74) is 1.95. The smallest absolute Gasteiger partial charge is 0.231 e. The molecule has 1 saturated heterocycles. The maximum absolute atomic E-state index is 12.4. The fraction of sp³-hybridized carbons (Fsp3) is 0.300. The highest BCUT2D eigenvalue weighted by Gasteiger charge is 2.34. The summed E-state index contributed by atoms with van der Waals surface area (Å²) in [5.74, 6) is 2.35. The topological polar surface area (TPSA) is 72.9 Å². The number of carbonyl (C=O) groups excluding carboxylic acids is 1. The number of thiazole rings is 1. The summed E-state index contributed by atoms with van der Waals surface area (Å²) in [6, 6.07) is 11.6. The van der Waals surface area contributed by atoms with Crippen LogP contribution in [0.2, 0.25) is 0 Å². The summed E-state index contributed by atoms with van der Waals surface area (Å²) < 4.78 is 17.0. The maximum atomic E-state index is 12.4. The Kier molecular flexibility index (Phi) is 4.20. The van der Waals surface area contributed by atoms with Gasteiger partial charge in [0.1, 0.15) is 5.75 Å². The molecule has 2 aromatic carbocycles. The minimum Gasteiger partial charge on any atom is -0.497 e. The fourth-order valence-electron chi connectivity index (χ4n) is 3.34. The first-order chi connectivity index (χ1) is 13.7. The molecule has 3 heterocycles. The van der Waals surface area contributed by atoms with Crippen molar-refractivity contribution in [3.8, 4) is 17.2 Å². The van der Waals surface area contributed by atoms with Gasteiger partial charge in [-0.25, -0.2) is 4.98 Å². The first kappa shape index (κ1) is 17.1. The lowest BCUT2D eigenvalue weighted by Gasteiger charge is -2.37. The molecule has 1 amide bonds. The maximum Gasteiger partial charge on any atom is 0.231 e. The molecule has 1 N–H and O–H groups in total. The van der Waals surface area contributed by atoms with E-state index in [2.05, 4.69) is 15.2 Å². The van der Waals surface area contributed by atoms with Gasteiger partial charge in [-0.1, -0.05) is 17.4 Å². The van der Waals surface area contributed by atoms with Crippen LogP contribution in [0.15, 0.2) is 36.4 Å². The van der Waals surface area contributed by atoms with E-state index in [1.54, 1.807) is 18.4 Å². The lowest BCUT2D eigenvalue weighted by atomic mass is 10.00. The van der Waals surface area contributed by atoms with Crippen molar-refractivity contribution in [1.29, 1.82) is 0 Å². The Bertz CT molecular complexity index is 1050. The third-order valence-corrected chi connectivity index (χ3v) is 6.09. The molecule has 7 nitrogen and oxygen atoms in total. The number of benzene rings is 2. The van der Waals surface area contributed by atoms with E-state index >= 15 is 0 Å². The van der Waals surface area contributed by atoms with E-state index in [9.17, 15) is 4.79 Å².